The van der Waals surface area contributed by atoms with Gasteiger partial charge in [-0.25, -0.2) is 4.79 Å². The molecule has 4 nitrogen and oxygen atoms in total. The number of hydrogen-bond donors (Lipinski definition) is 1. The molecule has 0 bridgehead atoms. The van der Waals surface area contributed by atoms with Crippen LogP contribution in [0.1, 0.15) is 48.6 Å². The Labute approximate surface area is 142 Å². The summed E-state index contributed by atoms with van der Waals surface area (Å²) in [5.74, 6) is 1.04. The van der Waals surface area contributed by atoms with Gasteiger partial charge in [0.1, 0.15) is 5.76 Å². The molecular formula is C20H24N2O2. The highest BCUT2D eigenvalue weighted by molar-refractivity contribution is 5.75. The molecule has 2 heterocycles. The first kappa shape index (κ1) is 15.3. The fraction of sp³-hybridized carbons (Fsp3) is 0.450. The summed E-state index contributed by atoms with van der Waals surface area (Å²) in [5, 5.41) is 3.25. The van der Waals surface area contributed by atoms with Crippen LogP contribution in [0.5, 0.6) is 0 Å². The lowest BCUT2D eigenvalue weighted by Crippen LogP contribution is -2.45. The molecule has 2 aliphatic rings. The number of furan rings is 1. The quantitative estimate of drug-likeness (QED) is 0.925. The normalized spacial score (nSPS) is 23.1. The van der Waals surface area contributed by atoms with Crippen LogP contribution in [0.15, 0.2) is 47.1 Å². The first-order valence-electron chi connectivity index (χ1n) is 8.98. The molecule has 1 aromatic carbocycles. The van der Waals surface area contributed by atoms with E-state index in [9.17, 15) is 4.79 Å². The monoisotopic (exact) mass is 324 g/mol. The Morgan fingerprint density at radius 2 is 2.04 bits per heavy atom. The summed E-state index contributed by atoms with van der Waals surface area (Å²) < 4.78 is 5.53. The summed E-state index contributed by atoms with van der Waals surface area (Å²) in [6.07, 6.45) is 7.90. The Bertz CT molecular complexity index is 695. The molecule has 24 heavy (non-hydrogen) atoms. The number of likely N-dealkylation sites (tertiary alicyclic amines) is 1. The number of rotatable bonds is 3. The van der Waals surface area contributed by atoms with Crippen LogP contribution < -0.4 is 5.32 Å². The molecule has 1 aromatic heterocycles. The number of benzene rings is 1. The third-order valence-electron chi connectivity index (χ3n) is 5.30. The van der Waals surface area contributed by atoms with E-state index in [0.717, 1.165) is 56.4 Å². The Morgan fingerprint density at radius 3 is 2.92 bits per heavy atom. The van der Waals surface area contributed by atoms with E-state index in [1.165, 1.54) is 5.56 Å². The van der Waals surface area contributed by atoms with Gasteiger partial charge in [-0.15, -0.1) is 0 Å². The number of fused-ring (bicyclic) bond motifs is 1. The molecule has 1 fully saturated rings. The van der Waals surface area contributed by atoms with Crippen LogP contribution in [-0.4, -0.2) is 23.5 Å². The van der Waals surface area contributed by atoms with Crippen LogP contribution >= 0.6 is 0 Å². The van der Waals surface area contributed by atoms with Gasteiger partial charge in [0.25, 0.3) is 0 Å². The summed E-state index contributed by atoms with van der Waals surface area (Å²) in [6.45, 7) is 0.855. The number of hydrogen-bond acceptors (Lipinski definition) is 2. The molecule has 1 aliphatic heterocycles. The molecule has 4 heteroatoms. The van der Waals surface area contributed by atoms with Gasteiger partial charge >= 0.3 is 6.03 Å². The van der Waals surface area contributed by atoms with Crippen molar-refractivity contribution in [3.05, 3.63) is 59.5 Å². The predicted octanol–water partition coefficient (Wildman–Crippen LogP) is 4.07. The van der Waals surface area contributed by atoms with Crippen molar-refractivity contribution in [2.45, 2.75) is 50.6 Å². The Hall–Kier alpha value is -2.23. The van der Waals surface area contributed by atoms with E-state index in [1.807, 2.05) is 17.0 Å². The number of carbonyl (C=O) groups is 1. The van der Waals surface area contributed by atoms with Crippen LogP contribution in [0, 0.1) is 0 Å². The summed E-state index contributed by atoms with van der Waals surface area (Å²) in [7, 11) is 0. The SMILES string of the molecule is O=C(NC1CCCc2occc21)N1CCCC1Cc1ccccc1. The second kappa shape index (κ2) is 6.71. The van der Waals surface area contributed by atoms with Crippen molar-refractivity contribution < 1.29 is 9.21 Å². The van der Waals surface area contributed by atoms with Gasteiger partial charge < -0.3 is 14.6 Å². The highest BCUT2D eigenvalue weighted by Crippen LogP contribution is 2.31. The van der Waals surface area contributed by atoms with Gasteiger partial charge in [-0.3, -0.25) is 0 Å². The summed E-state index contributed by atoms with van der Waals surface area (Å²) in [6, 6.07) is 12.9. The molecule has 0 spiro atoms. The summed E-state index contributed by atoms with van der Waals surface area (Å²) in [4.78, 5) is 14.9. The fourth-order valence-corrected chi connectivity index (χ4v) is 4.07. The molecule has 1 saturated heterocycles. The lowest BCUT2D eigenvalue weighted by molar-refractivity contribution is 0.186. The molecule has 0 radical (unpaired) electrons. The molecule has 126 valence electrons. The minimum atomic E-state index is 0.0764. The van der Waals surface area contributed by atoms with Crippen LogP contribution in [0.4, 0.5) is 4.79 Å². The van der Waals surface area contributed by atoms with E-state index in [0.29, 0.717) is 6.04 Å². The number of carbonyl (C=O) groups excluding carboxylic acids is 1. The number of nitrogens with one attached hydrogen (secondary N) is 1. The molecule has 4 rings (SSSR count). The van der Waals surface area contributed by atoms with Gasteiger partial charge in [-0.2, -0.15) is 0 Å². The topological polar surface area (TPSA) is 45.5 Å². The summed E-state index contributed by atoms with van der Waals surface area (Å²) >= 11 is 0. The summed E-state index contributed by atoms with van der Waals surface area (Å²) in [5.41, 5.74) is 2.46. The van der Waals surface area contributed by atoms with E-state index in [-0.39, 0.29) is 12.1 Å². The first-order chi connectivity index (χ1) is 11.8. The Morgan fingerprint density at radius 1 is 1.17 bits per heavy atom. The second-order valence-corrected chi connectivity index (χ2v) is 6.87. The highest BCUT2D eigenvalue weighted by Gasteiger charge is 2.31. The largest absolute Gasteiger partial charge is 0.469 e. The van der Waals surface area contributed by atoms with E-state index in [1.54, 1.807) is 6.26 Å². The third-order valence-corrected chi connectivity index (χ3v) is 5.30. The maximum atomic E-state index is 12.8. The van der Waals surface area contributed by atoms with Crippen molar-refractivity contribution in [3.63, 3.8) is 0 Å². The Kier molecular flexibility index (Phi) is 4.28. The molecule has 2 atom stereocenters. The van der Waals surface area contributed by atoms with Gasteiger partial charge in [0.05, 0.1) is 12.3 Å². The molecule has 2 amide bonds. The second-order valence-electron chi connectivity index (χ2n) is 6.87. The molecule has 1 aliphatic carbocycles. The van der Waals surface area contributed by atoms with Crippen molar-refractivity contribution in [1.82, 2.24) is 10.2 Å². The van der Waals surface area contributed by atoms with Crippen LogP contribution in [0.2, 0.25) is 0 Å². The van der Waals surface area contributed by atoms with Crippen molar-refractivity contribution >= 4 is 6.03 Å². The average molecular weight is 324 g/mol. The minimum Gasteiger partial charge on any atom is -0.469 e. The number of amides is 2. The molecule has 2 unspecified atom stereocenters. The van der Waals surface area contributed by atoms with E-state index in [4.69, 9.17) is 4.42 Å². The van der Waals surface area contributed by atoms with Crippen molar-refractivity contribution in [2.75, 3.05) is 6.54 Å². The fourth-order valence-electron chi connectivity index (χ4n) is 4.07. The molecule has 0 saturated carbocycles. The molecule has 2 aromatic rings. The van der Waals surface area contributed by atoms with Gasteiger partial charge in [-0.1, -0.05) is 30.3 Å². The maximum Gasteiger partial charge on any atom is 0.318 e. The van der Waals surface area contributed by atoms with E-state index >= 15 is 0 Å². The molecule has 1 N–H and O–H groups in total. The van der Waals surface area contributed by atoms with Gasteiger partial charge in [-0.05, 0) is 43.7 Å². The van der Waals surface area contributed by atoms with Crippen molar-refractivity contribution in [2.24, 2.45) is 0 Å². The van der Waals surface area contributed by atoms with E-state index < -0.39 is 0 Å². The zero-order chi connectivity index (χ0) is 16.4. The van der Waals surface area contributed by atoms with Crippen LogP contribution in [0.25, 0.3) is 0 Å². The average Bonchev–Trinajstić information content (AvgIpc) is 3.25. The van der Waals surface area contributed by atoms with Crippen LogP contribution in [-0.2, 0) is 12.8 Å². The highest BCUT2D eigenvalue weighted by atomic mass is 16.3. The van der Waals surface area contributed by atoms with Crippen molar-refractivity contribution in [1.29, 1.82) is 0 Å². The number of urea groups is 1. The predicted molar refractivity (Wildman–Crippen MR) is 92.8 cm³/mol. The molecular weight excluding hydrogens is 300 g/mol. The van der Waals surface area contributed by atoms with Gasteiger partial charge in [0.2, 0.25) is 0 Å². The minimum absolute atomic E-state index is 0.0764. The lowest BCUT2D eigenvalue weighted by Gasteiger charge is -2.29. The number of aryl methyl sites for hydroxylation is 1. The standard InChI is InChI=1S/C20H24N2O2/c23-20(21-18-9-4-10-19-17(18)11-13-24-19)22-12-5-8-16(22)14-15-6-2-1-3-7-15/h1-3,6-7,11,13,16,18H,4-5,8-10,12,14H2,(H,21,23). The van der Waals surface area contributed by atoms with Crippen LogP contribution in [0.3, 0.4) is 0 Å². The number of nitrogens with zero attached hydrogens (tertiary/aromatic N) is 1. The maximum absolute atomic E-state index is 12.8. The van der Waals surface area contributed by atoms with Gasteiger partial charge in [0.15, 0.2) is 0 Å². The Balaban J connectivity index is 1.42. The smallest absolute Gasteiger partial charge is 0.318 e. The van der Waals surface area contributed by atoms with Crippen molar-refractivity contribution in [3.8, 4) is 0 Å². The zero-order valence-corrected chi connectivity index (χ0v) is 13.9. The zero-order valence-electron chi connectivity index (χ0n) is 13.9. The first-order valence-corrected chi connectivity index (χ1v) is 8.98. The third kappa shape index (κ3) is 3.05. The van der Waals surface area contributed by atoms with E-state index in [2.05, 4.69) is 29.6 Å². The van der Waals surface area contributed by atoms with Gasteiger partial charge in [0, 0.05) is 24.6 Å². The lowest BCUT2D eigenvalue weighted by atomic mass is 9.93.